The number of nitrogens with zero attached hydrogens (tertiary/aromatic N) is 2. The lowest BCUT2D eigenvalue weighted by Crippen LogP contribution is -2.36. The maximum atomic E-state index is 5.39. The van der Waals surface area contributed by atoms with Gasteiger partial charge in [0.15, 0.2) is 0 Å². The van der Waals surface area contributed by atoms with Crippen LogP contribution >= 0.6 is 15.9 Å². The van der Waals surface area contributed by atoms with Gasteiger partial charge in [0.2, 0.25) is 0 Å². The van der Waals surface area contributed by atoms with Crippen LogP contribution in [0.1, 0.15) is 11.1 Å². The molecule has 0 aliphatic carbocycles. The molecule has 1 aliphatic rings. The lowest BCUT2D eigenvalue weighted by Gasteiger charge is -2.28. The molecule has 0 unspecified atom stereocenters. The van der Waals surface area contributed by atoms with Crippen LogP contribution < -0.4 is 4.90 Å². The summed E-state index contributed by atoms with van der Waals surface area (Å²) in [6.45, 7) is 5.62. The van der Waals surface area contributed by atoms with E-state index in [0.717, 1.165) is 47.6 Å². The van der Waals surface area contributed by atoms with E-state index in [0.29, 0.717) is 0 Å². The number of aryl methyl sites for hydroxylation is 1. The molecule has 1 saturated heterocycles. The van der Waals surface area contributed by atoms with Crippen LogP contribution in [-0.4, -0.2) is 32.5 Å². The van der Waals surface area contributed by atoms with E-state index in [9.17, 15) is 0 Å². The largest absolute Gasteiger partial charge is 0.378 e. The number of hydrogen-bond acceptors (Lipinski definition) is 3. The van der Waals surface area contributed by atoms with E-state index in [4.69, 9.17) is 4.74 Å². The summed E-state index contributed by atoms with van der Waals surface area (Å²) in [5.41, 5.74) is 4.52. The zero-order valence-corrected chi connectivity index (χ0v) is 14.2. The van der Waals surface area contributed by atoms with Crippen LogP contribution in [0, 0.1) is 6.92 Å². The quantitative estimate of drug-likeness (QED) is 0.762. The Morgan fingerprint density at radius 1 is 1.09 bits per heavy atom. The molecule has 0 aromatic heterocycles. The van der Waals surface area contributed by atoms with Gasteiger partial charge in [-0.15, -0.1) is 0 Å². The van der Waals surface area contributed by atoms with Crippen molar-refractivity contribution in [3.63, 3.8) is 0 Å². The molecule has 1 fully saturated rings. The van der Waals surface area contributed by atoms with Gasteiger partial charge in [0, 0.05) is 29.5 Å². The highest BCUT2D eigenvalue weighted by Crippen LogP contribution is 2.23. The van der Waals surface area contributed by atoms with Gasteiger partial charge < -0.3 is 9.64 Å². The standard InChI is InChI=1S/C18H19BrN2O/c1-14-12-16(19)4-7-18(14)20-13-15-2-5-17(6-3-15)21-8-10-22-11-9-21/h2-7,12-13H,8-11H2,1H3. The molecule has 2 aromatic rings. The molecule has 0 spiro atoms. The van der Waals surface area contributed by atoms with Crippen LogP contribution in [0.3, 0.4) is 0 Å². The fourth-order valence-electron chi connectivity index (χ4n) is 2.50. The molecule has 22 heavy (non-hydrogen) atoms. The topological polar surface area (TPSA) is 24.8 Å². The monoisotopic (exact) mass is 358 g/mol. The number of benzene rings is 2. The molecule has 0 bridgehead atoms. The van der Waals surface area contributed by atoms with E-state index in [-0.39, 0.29) is 0 Å². The van der Waals surface area contributed by atoms with Crippen molar-refractivity contribution < 1.29 is 4.74 Å². The highest BCUT2D eigenvalue weighted by atomic mass is 79.9. The first kappa shape index (κ1) is 15.3. The first-order valence-electron chi connectivity index (χ1n) is 7.45. The molecule has 1 aliphatic heterocycles. The van der Waals surface area contributed by atoms with Gasteiger partial charge in [-0.3, -0.25) is 4.99 Å². The Morgan fingerprint density at radius 2 is 1.82 bits per heavy atom. The van der Waals surface area contributed by atoms with Crippen molar-refractivity contribution in [1.82, 2.24) is 0 Å². The summed E-state index contributed by atoms with van der Waals surface area (Å²) in [5, 5.41) is 0. The van der Waals surface area contributed by atoms with E-state index in [2.05, 4.69) is 63.1 Å². The summed E-state index contributed by atoms with van der Waals surface area (Å²) in [6.07, 6.45) is 1.92. The summed E-state index contributed by atoms with van der Waals surface area (Å²) in [6, 6.07) is 14.7. The summed E-state index contributed by atoms with van der Waals surface area (Å²) in [4.78, 5) is 6.93. The molecular formula is C18H19BrN2O. The molecule has 4 heteroatoms. The average Bonchev–Trinajstić information content (AvgIpc) is 2.55. The van der Waals surface area contributed by atoms with Crippen LogP contribution in [0.5, 0.6) is 0 Å². The minimum atomic E-state index is 0.812. The number of anilines is 1. The third-order valence-electron chi connectivity index (χ3n) is 3.78. The van der Waals surface area contributed by atoms with E-state index < -0.39 is 0 Å². The van der Waals surface area contributed by atoms with Crippen LogP contribution in [0.25, 0.3) is 0 Å². The number of rotatable bonds is 3. The van der Waals surface area contributed by atoms with Crippen LogP contribution in [-0.2, 0) is 4.74 Å². The first-order chi connectivity index (χ1) is 10.7. The van der Waals surface area contributed by atoms with Crippen molar-refractivity contribution in [3.8, 4) is 0 Å². The van der Waals surface area contributed by atoms with Gasteiger partial charge in [-0.1, -0.05) is 28.1 Å². The van der Waals surface area contributed by atoms with Gasteiger partial charge in [-0.05, 0) is 48.4 Å². The van der Waals surface area contributed by atoms with Gasteiger partial charge >= 0.3 is 0 Å². The molecule has 0 amide bonds. The maximum Gasteiger partial charge on any atom is 0.0659 e. The summed E-state index contributed by atoms with van der Waals surface area (Å²) in [5.74, 6) is 0. The predicted molar refractivity (Wildman–Crippen MR) is 95.6 cm³/mol. The van der Waals surface area contributed by atoms with Crippen molar-refractivity contribution in [2.45, 2.75) is 6.92 Å². The van der Waals surface area contributed by atoms with Gasteiger partial charge in [0.25, 0.3) is 0 Å². The van der Waals surface area contributed by atoms with E-state index in [1.807, 2.05) is 18.3 Å². The van der Waals surface area contributed by atoms with Gasteiger partial charge in [-0.2, -0.15) is 0 Å². The van der Waals surface area contributed by atoms with Crippen molar-refractivity contribution in [1.29, 1.82) is 0 Å². The van der Waals surface area contributed by atoms with Gasteiger partial charge in [-0.25, -0.2) is 0 Å². The van der Waals surface area contributed by atoms with Gasteiger partial charge in [0.05, 0.1) is 18.9 Å². The molecule has 2 aromatic carbocycles. The minimum Gasteiger partial charge on any atom is -0.378 e. The Bertz CT molecular complexity index is 661. The number of aliphatic imine (C=N–C) groups is 1. The van der Waals surface area contributed by atoms with Crippen molar-refractivity contribution in [2.75, 3.05) is 31.2 Å². The average molecular weight is 359 g/mol. The van der Waals surface area contributed by atoms with E-state index in [1.54, 1.807) is 0 Å². The molecule has 114 valence electrons. The first-order valence-corrected chi connectivity index (χ1v) is 8.25. The number of halogens is 1. The molecule has 3 nitrogen and oxygen atoms in total. The molecule has 0 radical (unpaired) electrons. The molecule has 3 rings (SSSR count). The Labute approximate surface area is 139 Å². The Kier molecular flexibility index (Phi) is 4.90. The predicted octanol–water partition coefficient (Wildman–Crippen LogP) is 4.34. The molecule has 0 N–H and O–H groups in total. The second-order valence-corrected chi connectivity index (χ2v) is 6.30. The third-order valence-corrected chi connectivity index (χ3v) is 4.27. The molecule has 1 heterocycles. The maximum absolute atomic E-state index is 5.39. The lowest BCUT2D eigenvalue weighted by molar-refractivity contribution is 0.122. The fourth-order valence-corrected chi connectivity index (χ4v) is 2.98. The minimum absolute atomic E-state index is 0.812. The normalized spacial score (nSPS) is 15.5. The highest BCUT2D eigenvalue weighted by Gasteiger charge is 2.10. The van der Waals surface area contributed by atoms with Crippen LogP contribution in [0.4, 0.5) is 11.4 Å². The van der Waals surface area contributed by atoms with Gasteiger partial charge in [0.1, 0.15) is 0 Å². The second kappa shape index (κ2) is 7.07. The summed E-state index contributed by atoms with van der Waals surface area (Å²) < 4.78 is 6.47. The van der Waals surface area contributed by atoms with Crippen LogP contribution in [0.2, 0.25) is 0 Å². The summed E-state index contributed by atoms with van der Waals surface area (Å²) in [7, 11) is 0. The van der Waals surface area contributed by atoms with Crippen molar-refractivity contribution >= 4 is 33.5 Å². The number of hydrogen-bond donors (Lipinski definition) is 0. The Morgan fingerprint density at radius 3 is 2.50 bits per heavy atom. The van der Waals surface area contributed by atoms with Crippen LogP contribution in [0.15, 0.2) is 51.9 Å². The number of ether oxygens (including phenoxy) is 1. The SMILES string of the molecule is Cc1cc(Br)ccc1N=Cc1ccc(N2CCOCC2)cc1. The van der Waals surface area contributed by atoms with E-state index in [1.165, 1.54) is 5.69 Å². The zero-order valence-electron chi connectivity index (χ0n) is 12.6. The summed E-state index contributed by atoms with van der Waals surface area (Å²) >= 11 is 3.47. The van der Waals surface area contributed by atoms with E-state index >= 15 is 0 Å². The second-order valence-electron chi connectivity index (χ2n) is 5.38. The van der Waals surface area contributed by atoms with Crippen molar-refractivity contribution in [3.05, 3.63) is 58.1 Å². The Balaban J connectivity index is 1.71. The highest BCUT2D eigenvalue weighted by molar-refractivity contribution is 9.10. The number of morpholine rings is 1. The van der Waals surface area contributed by atoms with Crippen molar-refractivity contribution in [2.24, 2.45) is 4.99 Å². The lowest BCUT2D eigenvalue weighted by atomic mass is 10.2. The smallest absolute Gasteiger partial charge is 0.0659 e. The molecule has 0 saturated carbocycles. The third kappa shape index (κ3) is 3.76. The Hall–Kier alpha value is -1.65. The molecule has 0 atom stereocenters. The zero-order chi connectivity index (χ0) is 15.4. The fraction of sp³-hybridized carbons (Fsp3) is 0.278. The molecular weight excluding hydrogens is 340 g/mol.